The fourth-order valence-electron chi connectivity index (χ4n) is 2.52. The molecule has 1 aromatic heterocycles. The van der Waals surface area contributed by atoms with Gasteiger partial charge >= 0.3 is 23.5 Å². The number of aliphatic hydroxyl groups is 2. The molecule has 18 nitrogen and oxygen atoms in total. The maximum absolute atomic E-state index is 11.9. The second kappa shape index (κ2) is 10.8. The zero-order valence-electron chi connectivity index (χ0n) is 16.6. The van der Waals surface area contributed by atoms with Gasteiger partial charge in [0.2, 0.25) is 5.95 Å². The summed E-state index contributed by atoms with van der Waals surface area (Å²) in [5, 5.41) is 22.4. The Morgan fingerprint density at radius 1 is 1.18 bits per heavy atom. The number of phosphoric acid groups is 3. The van der Waals surface area contributed by atoms with Gasteiger partial charge in [-0.25, -0.2) is 18.7 Å². The van der Waals surface area contributed by atoms with Gasteiger partial charge in [0.25, 0.3) is 0 Å². The lowest BCUT2D eigenvalue weighted by Crippen LogP contribution is -2.44. The molecule has 1 aliphatic rings. The number of nitrogens with two attached hydrogens (primary N) is 1. The van der Waals surface area contributed by atoms with Crippen LogP contribution < -0.4 is 16.0 Å². The number of hydrogen-bond donors (Lipinski definition) is 9. The highest BCUT2D eigenvalue weighted by molar-refractivity contribution is 7.80. The van der Waals surface area contributed by atoms with Crippen LogP contribution in [-0.2, 0) is 31.6 Å². The summed E-state index contributed by atoms with van der Waals surface area (Å²) in [5.74, 6) is 0.212. The Bertz CT molecular complexity index is 997. The standard InChI is InChI=1S/C11H22N5O13P3S/c1-5(16-4-13-8-9(16)14-11(12)15-10(8)33)27-7(6(18)2-17)3-26-31(22,23)29-32(24,25)28-30(19,20)21/h5-7,13,17-18H,2-4H2,1H3,(H,22,23)(H,24,25)(H2,19,20,21)(H3,12,14,15,33)/t5?,6-,7-/m1/s1. The minimum absolute atomic E-state index is 0.0840. The Balaban J connectivity index is 2.08. The molecule has 0 fully saturated rings. The lowest BCUT2D eigenvalue weighted by Gasteiger charge is -2.31. The van der Waals surface area contributed by atoms with E-state index in [0.717, 1.165) is 0 Å². The van der Waals surface area contributed by atoms with E-state index in [1.807, 2.05) is 0 Å². The van der Waals surface area contributed by atoms with E-state index in [2.05, 4.69) is 41.1 Å². The number of aromatic nitrogens is 2. The molecule has 3 unspecified atom stereocenters. The van der Waals surface area contributed by atoms with Gasteiger partial charge in [0.1, 0.15) is 29.1 Å². The first kappa shape index (κ1) is 28.4. The average molecular weight is 557 g/mol. The van der Waals surface area contributed by atoms with Crippen molar-refractivity contribution in [2.24, 2.45) is 0 Å². The van der Waals surface area contributed by atoms with Crippen LogP contribution in [-0.4, -0.2) is 78.1 Å². The number of nitrogen functional groups attached to an aromatic ring is 1. The molecule has 0 amide bonds. The van der Waals surface area contributed by atoms with E-state index in [1.165, 1.54) is 11.8 Å². The quantitative estimate of drug-likeness (QED) is 0.0843. The van der Waals surface area contributed by atoms with E-state index < -0.39 is 55.1 Å². The SMILES string of the molecule is CC(O[C@H](COP(=O)(O)OP(=O)(O)OP(=O)(O)O)[C@H](O)CO)N1CNc2c(S)nc(N)nc21. The number of anilines is 3. The Hall–Kier alpha value is -0.880. The Morgan fingerprint density at radius 2 is 1.82 bits per heavy atom. The number of hydrogen-bond acceptors (Lipinski definition) is 15. The Labute approximate surface area is 191 Å². The number of aliphatic hydroxyl groups excluding tert-OH is 2. The molecule has 5 atom stereocenters. The van der Waals surface area contributed by atoms with Crippen LogP contribution in [0.4, 0.5) is 17.5 Å². The zero-order valence-corrected chi connectivity index (χ0v) is 20.2. The zero-order chi connectivity index (χ0) is 25.2. The van der Waals surface area contributed by atoms with Crippen LogP contribution in [0.3, 0.4) is 0 Å². The third kappa shape index (κ3) is 8.38. The van der Waals surface area contributed by atoms with Gasteiger partial charge in [-0.1, -0.05) is 0 Å². The minimum Gasteiger partial charge on any atom is -0.394 e. The molecule has 0 aliphatic carbocycles. The van der Waals surface area contributed by atoms with E-state index in [9.17, 15) is 33.7 Å². The van der Waals surface area contributed by atoms with E-state index >= 15 is 0 Å². The summed E-state index contributed by atoms with van der Waals surface area (Å²) < 4.78 is 51.2. The van der Waals surface area contributed by atoms with Crippen LogP contribution in [0.2, 0.25) is 0 Å². The second-order valence-corrected chi connectivity index (χ2v) is 11.2. The topological polar surface area (TPSA) is 277 Å². The highest BCUT2D eigenvalue weighted by atomic mass is 32.1. The van der Waals surface area contributed by atoms with Gasteiger partial charge in [-0.15, -0.1) is 12.6 Å². The molecular formula is C11H22N5O13P3S. The lowest BCUT2D eigenvalue weighted by atomic mass is 10.2. The smallest absolute Gasteiger partial charge is 0.394 e. The number of ether oxygens (including phenoxy) is 1. The number of nitrogens with one attached hydrogen (secondary N) is 1. The molecule has 1 aromatic rings. The molecule has 0 spiro atoms. The summed E-state index contributed by atoms with van der Waals surface area (Å²) in [6, 6.07) is 0. The second-order valence-electron chi connectivity index (χ2n) is 6.32. The first-order valence-corrected chi connectivity index (χ1v) is 13.6. The van der Waals surface area contributed by atoms with Crippen molar-refractivity contribution >= 4 is 53.6 Å². The first-order chi connectivity index (χ1) is 15.0. The normalized spacial score (nSPS) is 20.3. The molecule has 33 heavy (non-hydrogen) atoms. The van der Waals surface area contributed by atoms with Crippen molar-refractivity contribution in [3.63, 3.8) is 0 Å². The molecule has 0 saturated carbocycles. The van der Waals surface area contributed by atoms with Gasteiger partial charge in [0.15, 0.2) is 5.82 Å². The highest BCUT2D eigenvalue weighted by Gasteiger charge is 2.41. The van der Waals surface area contributed by atoms with Crippen molar-refractivity contribution in [3.05, 3.63) is 0 Å². The van der Waals surface area contributed by atoms with Gasteiger partial charge in [-0.2, -0.15) is 13.6 Å². The predicted molar refractivity (Wildman–Crippen MR) is 112 cm³/mol. The number of fused-ring (bicyclic) bond motifs is 1. The molecule has 9 N–H and O–H groups in total. The fraction of sp³-hybridized carbons (Fsp3) is 0.636. The van der Waals surface area contributed by atoms with Crippen LogP contribution in [0.25, 0.3) is 0 Å². The van der Waals surface area contributed by atoms with Gasteiger partial charge < -0.3 is 50.5 Å². The van der Waals surface area contributed by atoms with Crippen molar-refractivity contribution in [1.82, 2.24) is 9.97 Å². The van der Waals surface area contributed by atoms with Crippen LogP contribution in [0.5, 0.6) is 0 Å². The molecule has 0 bridgehead atoms. The largest absolute Gasteiger partial charge is 0.490 e. The summed E-state index contributed by atoms with van der Waals surface area (Å²) >= 11 is 4.18. The minimum atomic E-state index is -5.72. The monoisotopic (exact) mass is 557 g/mol. The first-order valence-electron chi connectivity index (χ1n) is 8.63. The molecule has 1 aliphatic heterocycles. The van der Waals surface area contributed by atoms with Crippen molar-refractivity contribution < 1.29 is 61.4 Å². The molecule has 2 rings (SSSR count). The number of thiol groups is 1. The molecule has 2 heterocycles. The molecule has 190 valence electrons. The lowest BCUT2D eigenvalue weighted by molar-refractivity contribution is -0.103. The maximum atomic E-state index is 11.9. The Morgan fingerprint density at radius 3 is 2.39 bits per heavy atom. The van der Waals surface area contributed by atoms with E-state index in [-0.39, 0.29) is 17.6 Å². The molecule has 0 radical (unpaired) electrons. The van der Waals surface area contributed by atoms with Crippen LogP contribution in [0, 0.1) is 0 Å². The van der Waals surface area contributed by atoms with Gasteiger partial charge in [-0.05, 0) is 6.92 Å². The van der Waals surface area contributed by atoms with Crippen molar-refractivity contribution in [2.75, 3.05) is 35.8 Å². The maximum Gasteiger partial charge on any atom is 0.490 e. The third-order valence-electron chi connectivity index (χ3n) is 3.83. The van der Waals surface area contributed by atoms with Crippen LogP contribution in [0.1, 0.15) is 6.92 Å². The molecule has 22 heteroatoms. The van der Waals surface area contributed by atoms with Gasteiger partial charge in [0.05, 0.1) is 19.9 Å². The number of rotatable bonds is 12. The van der Waals surface area contributed by atoms with E-state index in [1.54, 1.807) is 0 Å². The van der Waals surface area contributed by atoms with Crippen molar-refractivity contribution in [1.29, 1.82) is 0 Å². The van der Waals surface area contributed by atoms with E-state index in [0.29, 0.717) is 11.5 Å². The molecule has 0 saturated heterocycles. The summed E-state index contributed by atoms with van der Waals surface area (Å²) in [5.41, 5.74) is 6.06. The summed E-state index contributed by atoms with van der Waals surface area (Å²) in [6.45, 7) is -0.218. The number of nitrogens with zero attached hydrogens (tertiary/aromatic N) is 3. The average Bonchev–Trinajstić information content (AvgIpc) is 3.05. The molecule has 0 aromatic carbocycles. The molecular weight excluding hydrogens is 535 g/mol. The Kier molecular flexibility index (Phi) is 9.28. The van der Waals surface area contributed by atoms with Crippen LogP contribution >= 0.6 is 36.1 Å². The van der Waals surface area contributed by atoms with Gasteiger partial charge in [0, 0.05) is 0 Å². The van der Waals surface area contributed by atoms with Gasteiger partial charge in [-0.3, -0.25) is 4.52 Å². The third-order valence-corrected chi connectivity index (χ3v) is 7.96. The van der Waals surface area contributed by atoms with Crippen molar-refractivity contribution in [3.8, 4) is 0 Å². The van der Waals surface area contributed by atoms with E-state index in [4.69, 9.17) is 20.3 Å². The van der Waals surface area contributed by atoms with Crippen LogP contribution in [0.15, 0.2) is 5.03 Å². The summed E-state index contributed by atoms with van der Waals surface area (Å²) in [4.78, 5) is 45.3. The summed E-state index contributed by atoms with van der Waals surface area (Å²) in [7, 11) is -16.7. The predicted octanol–water partition coefficient (Wildman–Crippen LogP) is -1.04. The van der Waals surface area contributed by atoms with Crippen molar-refractivity contribution in [2.45, 2.75) is 30.4 Å². The number of phosphoric ester groups is 1. The highest BCUT2D eigenvalue weighted by Crippen LogP contribution is 2.66. The summed E-state index contributed by atoms with van der Waals surface area (Å²) in [6.07, 6.45) is -4.09. The fourth-order valence-corrected chi connectivity index (χ4v) is 5.83.